The lowest BCUT2D eigenvalue weighted by atomic mass is 9.92. The number of nitrogens with two attached hydrogens (primary N) is 1. The highest BCUT2D eigenvalue weighted by Crippen LogP contribution is 2.36. The van der Waals surface area contributed by atoms with Gasteiger partial charge in [-0.15, -0.1) is 11.3 Å². The standard InChI is InChI=1S/C32H49N5O5S/c1-5-15-36(16-7-14-34-30(39)41-24-8-6-9-24)29(38)23-19-27-26(35-28(33)20-23)21-25(43-27)11-10-22-12-17-37(18-13-22)31(40)42-32(2,3)4/h19,21-22,24H,5-18,20H2,1-4H3,(H2,33,35)(H,34,39). The van der Waals surface area contributed by atoms with Crippen molar-refractivity contribution in [3.05, 3.63) is 21.4 Å². The number of thiophene rings is 1. The third kappa shape index (κ3) is 9.98. The zero-order valence-corrected chi connectivity index (χ0v) is 27.1. The van der Waals surface area contributed by atoms with Gasteiger partial charge in [0.25, 0.3) is 0 Å². The van der Waals surface area contributed by atoms with Crippen LogP contribution in [-0.2, 0) is 20.7 Å². The minimum atomic E-state index is -0.479. The molecule has 0 aromatic carbocycles. The normalized spacial score (nSPS) is 17.6. The van der Waals surface area contributed by atoms with E-state index in [-0.39, 0.29) is 24.2 Å². The molecule has 10 nitrogen and oxygen atoms in total. The highest BCUT2D eigenvalue weighted by Gasteiger charge is 2.27. The number of nitrogens with one attached hydrogen (secondary N) is 1. The Bertz CT molecular complexity index is 1190. The molecule has 1 saturated heterocycles. The van der Waals surface area contributed by atoms with Crippen LogP contribution in [0, 0.1) is 5.92 Å². The number of fused-ring (bicyclic) bond motifs is 1. The van der Waals surface area contributed by atoms with Crippen LogP contribution in [0.15, 0.2) is 16.6 Å². The van der Waals surface area contributed by atoms with Gasteiger partial charge in [-0.3, -0.25) is 4.79 Å². The summed E-state index contributed by atoms with van der Waals surface area (Å²) >= 11 is 1.68. The molecule has 1 aliphatic carbocycles. The van der Waals surface area contributed by atoms with Gasteiger partial charge in [0.15, 0.2) is 0 Å². The summed E-state index contributed by atoms with van der Waals surface area (Å²) in [7, 11) is 0. The van der Waals surface area contributed by atoms with Crippen LogP contribution in [0.5, 0.6) is 0 Å². The average molecular weight is 616 g/mol. The number of alkyl carbamates (subject to hydrolysis) is 1. The van der Waals surface area contributed by atoms with Crippen LogP contribution in [0.4, 0.5) is 15.3 Å². The molecule has 0 radical (unpaired) electrons. The number of carbonyl (C=O) groups is 3. The van der Waals surface area contributed by atoms with Crippen molar-refractivity contribution < 1.29 is 23.9 Å². The van der Waals surface area contributed by atoms with Gasteiger partial charge in [0, 0.05) is 49.6 Å². The molecule has 0 spiro atoms. The maximum Gasteiger partial charge on any atom is 0.410 e. The van der Waals surface area contributed by atoms with Crippen LogP contribution in [0.25, 0.3) is 6.08 Å². The van der Waals surface area contributed by atoms with Crippen molar-refractivity contribution in [1.82, 2.24) is 15.1 Å². The summed E-state index contributed by atoms with van der Waals surface area (Å²) in [6, 6.07) is 2.10. The summed E-state index contributed by atoms with van der Waals surface area (Å²) in [6.07, 6.45) is 10.1. The first-order valence-corrected chi connectivity index (χ1v) is 16.7. The predicted molar refractivity (Wildman–Crippen MR) is 171 cm³/mol. The molecule has 1 aromatic heterocycles. The molecule has 43 heavy (non-hydrogen) atoms. The van der Waals surface area contributed by atoms with Crippen LogP contribution in [0.1, 0.15) is 95.2 Å². The number of hydrogen-bond donors (Lipinski definition) is 2. The van der Waals surface area contributed by atoms with Gasteiger partial charge in [-0.25, -0.2) is 14.6 Å². The molecule has 238 valence electrons. The second kappa shape index (κ2) is 15.1. The number of ether oxygens (including phenoxy) is 2. The number of amidine groups is 1. The molecule has 3 aliphatic rings. The van der Waals surface area contributed by atoms with E-state index >= 15 is 0 Å². The number of piperidine rings is 1. The van der Waals surface area contributed by atoms with Crippen molar-refractivity contribution in [3.8, 4) is 0 Å². The number of hydrogen-bond acceptors (Lipinski definition) is 8. The molecule has 0 bridgehead atoms. The smallest absolute Gasteiger partial charge is 0.410 e. The molecule has 0 unspecified atom stereocenters. The van der Waals surface area contributed by atoms with Crippen molar-refractivity contribution in [2.24, 2.45) is 16.6 Å². The van der Waals surface area contributed by atoms with Crippen molar-refractivity contribution in [2.75, 3.05) is 32.7 Å². The zero-order chi connectivity index (χ0) is 31.0. The highest BCUT2D eigenvalue weighted by atomic mass is 32.1. The summed E-state index contributed by atoms with van der Waals surface area (Å²) in [4.78, 5) is 48.4. The molecule has 2 fully saturated rings. The van der Waals surface area contributed by atoms with E-state index in [1.54, 1.807) is 11.3 Å². The van der Waals surface area contributed by atoms with Gasteiger partial charge in [-0.2, -0.15) is 0 Å². The topological polar surface area (TPSA) is 127 Å². The van der Waals surface area contributed by atoms with Crippen LogP contribution in [0.3, 0.4) is 0 Å². The number of amides is 3. The second-order valence-corrected chi connectivity index (χ2v) is 14.1. The summed E-state index contributed by atoms with van der Waals surface area (Å²) in [5, 5.41) is 2.81. The summed E-state index contributed by atoms with van der Waals surface area (Å²) in [6.45, 7) is 10.8. The third-order valence-corrected chi connectivity index (χ3v) is 9.18. The van der Waals surface area contributed by atoms with E-state index in [1.807, 2.05) is 36.6 Å². The van der Waals surface area contributed by atoms with Crippen molar-refractivity contribution in [3.63, 3.8) is 0 Å². The monoisotopic (exact) mass is 615 g/mol. The van der Waals surface area contributed by atoms with E-state index in [0.29, 0.717) is 49.8 Å². The SMILES string of the molecule is CCCN(CCCNC(=O)OC1CCC1)C(=O)C1=Cc2sc(CCC3CCN(C(=O)OC(C)(C)C)CC3)cc2N=C(N)C1. The molecule has 3 amide bonds. The number of likely N-dealkylation sites (tertiary alicyclic amines) is 1. The predicted octanol–water partition coefficient (Wildman–Crippen LogP) is 6.01. The first-order valence-electron chi connectivity index (χ1n) is 15.9. The molecule has 1 aromatic rings. The zero-order valence-electron chi connectivity index (χ0n) is 26.3. The van der Waals surface area contributed by atoms with Crippen molar-refractivity contribution in [2.45, 2.75) is 104 Å². The van der Waals surface area contributed by atoms with Crippen molar-refractivity contribution in [1.29, 1.82) is 0 Å². The van der Waals surface area contributed by atoms with E-state index in [0.717, 1.165) is 75.0 Å². The Kier molecular flexibility index (Phi) is 11.5. The molecule has 0 atom stereocenters. The van der Waals surface area contributed by atoms with Gasteiger partial charge < -0.3 is 30.3 Å². The van der Waals surface area contributed by atoms with Gasteiger partial charge in [0.2, 0.25) is 5.91 Å². The van der Waals surface area contributed by atoms with Gasteiger partial charge in [0.05, 0.1) is 10.6 Å². The van der Waals surface area contributed by atoms with Crippen LogP contribution in [0.2, 0.25) is 0 Å². The Labute approximate surface area is 260 Å². The second-order valence-electron chi connectivity index (χ2n) is 12.9. The minimum Gasteiger partial charge on any atom is -0.446 e. The largest absolute Gasteiger partial charge is 0.446 e. The first kappa shape index (κ1) is 32.8. The minimum absolute atomic E-state index is 0.0309. The Balaban J connectivity index is 1.29. The van der Waals surface area contributed by atoms with E-state index in [4.69, 9.17) is 15.2 Å². The van der Waals surface area contributed by atoms with Crippen LogP contribution in [-0.4, -0.2) is 78.2 Å². The molecule has 3 N–H and O–H groups in total. The molecule has 11 heteroatoms. The Morgan fingerprint density at radius 2 is 1.91 bits per heavy atom. The molecule has 1 saturated carbocycles. The third-order valence-electron chi connectivity index (χ3n) is 8.05. The Morgan fingerprint density at radius 3 is 2.56 bits per heavy atom. The van der Waals surface area contributed by atoms with Crippen LogP contribution < -0.4 is 11.1 Å². The lowest BCUT2D eigenvalue weighted by Gasteiger charge is -2.33. The Morgan fingerprint density at radius 1 is 1.16 bits per heavy atom. The Hall–Kier alpha value is -3.08. The number of rotatable bonds is 11. The van der Waals surface area contributed by atoms with Gasteiger partial charge >= 0.3 is 12.2 Å². The quantitative estimate of drug-likeness (QED) is 0.294. The van der Waals surface area contributed by atoms with Gasteiger partial charge in [-0.05, 0) is 96.6 Å². The van der Waals surface area contributed by atoms with Crippen molar-refractivity contribution >= 4 is 47.0 Å². The lowest BCUT2D eigenvalue weighted by molar-refractivity contribution is -0.127. The molecular weight excluding hydrogens is 566 g/mol. The highest BCUT2D eigenvalue weighted by molar-refractivity contribution is 7.13. The fourth-order valence-electron chi connectivity index (χ4n) is 5.50. The molecule has 2 aliphatic heterocycles. The fraction of sp³-hybridized carbons (Fsp3) is 0.688. The summed E-state index contributed by atoms with van der Waals surface area (Å²) in [5.41, 5.74) is 7.28. The lowest BCUT2D eigenvalue weighted by Crippen LogP contribution is -2.41. The van der Waals surface area contributed by atoms with E-state index < -0.39 is 5.60 Å². The molecular formula is C32H49N5O5S. The summed E-state index contributed by atoms with van der Waals surface area (Å²) in [5.74, 6) is 0.963. The number of aryl methyl sites for hydroxylation is 1. The first-order chi connectivity index (χ1) is 20.5. The molecule has 4 rings (SSSR count). The van der Waals surface area contributed by atoms with E-state index in [9.17, 15) is 14.4 Å². The maximum atomic E-state index is 13.6. The number of nitrogens with zero attached hydrogens (tertiary/aromatic N) is 3. The summed E-state index contributed by atoms with van der Waals surface area (Å²) < 4.78 is 10.9. The maximum absolute atomic E-state index is 13.6. The number of carbonyl (C=O) groups excluding carboxylic acids is 3. The van der Waals surface area contributed by atoms with Crippen LogP contribution >= 0.6 is 11.3 Å². The van der Waals surface area contributed by atoms with E-state index in [2.05, 4.69) is 23.3 Å². The van der Waals surface area contributed by atoms with Gasteiger partial charge in [-0.1, -0.05) is 6.92 Å². The van der Waals surface area contributed by atoms with E-state index in [1.165, 1.54) is 4.88 Å². The molecule has 3 heterocycles. The van der Waals surface area contributed by atoms with Gasteiger partial charge in [0.1, 0.15) is 17.5 Å². The fourth-order valence-corrected chi connectivity index (χ4v) is 6.59. The number of aliphatic imine (C=N–C) groups is 1. The average Bonchev–Trinajstić information content (AvgIpc) is 3.22.